The van der Waals surface area contributed by atoms with E-state index in [1.54, 1.807) is 6.92 Å². The maximum Gasteiger partial charge on any atom is 0.338 e. The topological polar surface area (TPSA) is 61.8 Å². The standard InChI is InChI=1S/C12H20O5/c1-8-6-11(2,7-9(13)15-4)17-12(8,3)10(14)16-5/h8H,6-7H2,1-5H3/t8?,11-,12-/m0/s1. The Morgan fingerprint density at radius 2 is 1.88 bits per heavy atom. The van der Waals surface area contributed by atoms with Gasteiger partial charge in [-0.15, -0.1) is 0 Å². The van der Waals surface area contributed by atoms with Gasteiger partial charge in [0.25, 0.3) is 0 Å². The van der Waals surface area contributed by atoms with Crippen molar-refractivity contribution >= 4 is 11.9 Å². The summed E-state index contributed by atoms with van der Waals surface area (Å²) in [5, 5.41) is 0. The highest BCUT2D eigenvalue weighted by Crippen LogP contribution is 2.44. The normalized spacial score (nSPS) is 36.6. The van der Waals surface area contributed by atoms with Crippen LogP contribution in [0.4, 0.5) is 0 Å². The molecule has 5 nitrogen and oxygen atoms in total. The lowest BCUT2D eigenvalue weighted by atomic mass is 9.86. The molecule has 1 aliphatic rings. The molecule has 1 fully saturated rings. The predicted octanol–water partition coefficient (Wildman–Crippen LogP) is 1.30. The zero-order valence-electron chi connectivity index (χ0n) is 11.0. The van der Waals surface area contributed by atoms with Crippen LogP contribution in [0.5, 0.6) is 0 Å². The molecule has 17 heavy (non-hydrogen) atoms. The average Bonchev–Trinajstić information content (AvgIpc) is 2.48. The first-order valence-electron chi connectivity index (χ1n) is 5.63. The smallest absolute Gasteiger partial charge is 0.338 e. The molecule has 0 N–H and O–H groups in total. The van der Waals surface area contributed by atoms with Crippen molar-refractivity contribution in [1.82, 2.24) is 0 Å². The van der Waals surface area contributed by atoms with E-state index in [1.807, 2.05) is 13.8 Å². The van der Waals surface area contributed by atoms with Gasteiger partial charge < -0.3 is 14.2 Å². The number of esters is 2. The molecule has 0 bridgehead atoms. The minimum absolute atomic E-state index is 0.00962. The highest BCUT2D eigenvalue weighted by atomic mass is 16.6. The van der Waals surface area contributed by atoms with Gasteiger partial charge in [-0.25, -0.2) is 4.79 Å². The molecule has 1 heterocycles. The third-order valence-electron chi connectivity index (χ3n) is 3.47. The molecule has 0 aromatic heterocycles. The molecule has 98 valence electrons. The van der Waals surface area contributed by atoms with Crippen molar-refractivity contribution in [2.75, 3.05) is 14.2 Å². The number of hydrogen-bond donors (Lipinski definition) is 0. The molecule has 1 saturated heterocycles. The molecular formula is C12H20O5. The van der Waals surface area contributed by atoms with Gasteiger partial charge in [0.2, 0.25) is 0 Å². The van der Waals surface area contributed by atoms with E-state index >= 15 is 0 Å². The van der Waals surface area contributed by atoms with Crippen LogP contribution >= 0.6 is 0 Å². The second-order valence-electron chi connectivity index (χ2n) is 5.01. The van der Waals surface area contributed by atoms with Gasteiger partial charge in [-0.1, -0.05) is 6.92 Å². The molecule has 0 aromatic carbocycles. The van der Waals surface area contributed by atoms with Gasteiger partial charge in [-0.05, 0) is 26.2 Å². The van der Waals surface area contributed by atoms with Gasteiger partial charge >= 0.3 is 11.9 Å². The van der Waals surface area contributed by atoms with Crippen molar-refractivity contribution in [3.63, 3.8) is 0 Å². The molecule has 3 atom stereocenters. The SMILES string of the molecule is COC(=O)C[C@]1(C)CC(C)[C@@](C)(C(=O)OC)O1. The third-order valence-corrected chi connectivity index (χ3v) is 3.47. The summed E-state index contributed by atoms with van der Waals surface area (Å²) in [6.45, 7) is 5.43. The van der Waals surface area contributed by atoms with E-state index in [-0.39, 0.29) is 18.3 Å². The maximum absolute atomic E-state index is 11.7. The number of rotatable bonds is 3. The Hall–Kier alpha value is -1.10. The van der Waals surface area contributed by atoms with Crippen LogP contribution in [0.25, 0.3) is 0 Å². The van der Waals surface area contributed by atoms with Gasteiger partial charge in [0, 0.05) is 0 Å². The van der Waals surface area contributed by atoms with Crippen LogP contribution in [0.2, 0.25) is 0 Å². The monoisotopic (exact) mass is 244 g/mol. The Morgan fingerprint density at radius 3 is 2.35 bits per heavy atom. The molecule has 0 aromatic rings. The van der Waals surface area contributed by atoms with Crippen LogP contribution in [0.1, 0.15) is 33.6 Å². The zero-order chi connectivity index (χ0) is 13.3. The minimum atomic E-state index is -0.989. The summed E-state index contributed by atoms with van der Waals surface area (Å²) in [5.74, 6) is -0.753. The molecule has 0 radical (unpaired) electrons. The van der Waals surface area contributed by atoms with E-state index in [4.69, 9.17) is 9.47 Å². The van der Waals surface area contributed by atoms with Crippen molar-refractivity contribution in [1.29, 1.82) is 0 Å². The second-order valence-corrected chi connectivity index (χ2v) is 5.01. The summed E-state index contributed by atoms with van der Waals surface area (Å²) in [6.07, 6.45) is 0.758. The maximum atomic E-state index is 11.7. The van der Waals surface area contributed by atoms with Gasteiger partial charge in [0.1, 0.15) is 0 Å². The summed E-state index contributed by atoms with van der Waals surface area (Å²) in [6, 6.07) is 0. The summed E-state index contributed by atoms with van der Waals surface area (Å²) in [7, 11) is 2.67. The first kappa shape index (κ1) is 14.0. The molecule has 0 spiro atoms. The number of ether oxygens (including phenoxy) is 3. The van der Waals surface area contributed by atoms with Crippen LogP contribution in [-0.4, -0.2) is 37.4 Å². The van der Waals surface area contributed by atoms with Crippen molar-refractivity contribution < 1.29 is 23.8 Å². The predicted molar refractivity (Wildman–Crippen MR) is 60.3 cm³/mol. The summed E-state index contributed by atoms with van der Waals surface area (Å²) >= 11 is 0. The zero-order valence-corrected chi connectivity index (χ0v) is 11.0. The van der Waals surface area contributed by atoms with Crippen molar-refractivity contribution in [2.24, 2.45) is 5.92 Å². The van der Waals surface area contributed by atoms with Crippen molar-refractivity contribution in [3.8, 4) is 0 Å². The van der Waals surface area contributed by atoms with Crippen LogP contribution in [0, 0.1) is 5.92 Å². The molecule has 0 saturated carbocycles. The fourth-order valence-electron chi connectivity index (χ4n) is 2.43. The van der Waals surface area contributed by atoms with Crippen molar-refractivity contribution in [2.45, 2.75) is 44.8 Å². The van der Waals surface area contributed by atoms with Crippen LogP contribution in [0.3, 0.4) is 0 Å². The largest absolute Gasteiger partial charge is 0.469 e. The summed E-state index contributed by atoms with van der Waals surface area (Å²) in [4.78, 5) is 23.0. The average molecular weight is 244 g/mol. The van der Waals surface area contributed by atoms with E-state index in [9.17, 15) is 9.59 Å². The van der Waals surface area contributed by atoms with Crippen molar-refractivity contribution in [3.05, 3.63) is 0 Å². The molecule has 0 aliphatic carbocycles. The number of hydrogen-bond acceptors (Lipinski definition) is 5. The second kappa shape index (κ2) is 4.64. The molecule has 0 amide bonds. The van der Waals surface area contributed by atoms with E-state index in [1.165, 1.54) is 14.2 Å². The summed E-state index contributed by atoms with van der Waals surface area (Å²) in [5.41, 5.74) is -1.66. The first-order chi connectivity index (χ1) is 7.77. The molecule has 1 aliphatic heterocycles. The highest BCUT2D eigenvalue weighted by molar-refractivity contribution is 5.80. The third kappa shape index (κ3) is 2.60. The van der Waals surface area contributed by atoms with E-state index in [0.717, 1.165) is 0 Å². The van der Waals surface area contributed by atoms with Gasteiger partial charge in [0.15, 0.2) is 5.60 Å². The van der Waals surface area contributed by atoms with Crippen LogP contribution in [0.15, 0.2) is 0 Å². The number of carbonyl (C=O) groups excluding carboxylic acids is 2. The van der Waals surface area contributed by atoms with E-state index < -0.39 is 17.2 Å². The van der Waals surface area contributed by atoms with Gasteiger partial charge in [-0.2, -0.15) is 0 Å². The van der Waals surface area contributed by atoms with E-state index in [2.05, 4.69) is 4.74 Å². The first-order valence-corrected chi connectivity index (χ1v) is 5.63. The van der Waals surface area contributed by atoms with Gasteiger partial charge in [0.05, 0.1) is 26.2 Å². The Kier molecular flexibility index (Phi) is 3.81. The number of methoxy groups -OCH3 is 2. The van der Waals surface area contributed by atoms with Crippen LogP contribution in [-0.2, 0) is 23.8 Å². The van der Waals surface area contributed by atoms with Crippen LogP contribution < -0.4 is 0 Å². The summed E-state index contributed by atoms with van der Waals surface area (Å²) < 4.78 is 15.2. The lowest BCUT2D eigenvalue weighted by Gasteiger charge is -2.28. The minimum Gasteiger partial charge on any atom is -0.469 e. The molecule has 5 heteroatoms. The Labute approximate surface area is 101 Å². The molecule has 1 rings (SSSR count). The number of carbonyl (C=O) groups is 2. The lowest BCUT2D eigenvalue weighted by Crippen LogP contribution is -2.43. The van der Waals surface area contributed by atoms with E-state index in [0.29, 0.717) is 6.42 Å². The van der Waals surface area contributed by atoms with Gasteiger partial charge in [-0.3, -0.25) is 4.79 Å². The highest BCUT2D eigenvalue weighted by Gasteiger charge is 2.54. The Bertz CT molecular complexity index is 327. The fourth-order valence-corrected chi connectivity index (χ4v) is 2.43. The Morgan fingerprint density at radius 1 is 1.29 bits per heavy atom. The molecular weight excluding hydrogens is 224 g/mol. The molecule has 1 unspecified atom stereocenters. The Balaban J connectivity index is 2.84. The lowest BCUT2D eigenvalue weighted by molar-refractivity contribution is -0.179. The fraction of sp³-hybridized carbons (Fsp3) is 0.833. The quantitative estimate of drug-likeness (QED) is 0.700.